The van der Waals surface area contributed by atoms with Gasteiger partial charge in [-0.15, -0.1) is 0 Å². The molecule has 122 valence electrons. The quantitative estimate of drug-likeness (QED) is 0.836. The van der Waals surface area contributed by atoms with E-state index in [1.165, 1.54) is 6.07 Å². The van der Waals surface area contributed by atoms with E-state index in [2.05, 4.69) is 10.2 Å². The normalized spacial score (nSPS) is 16.1. The number of amides is 1. The van der Waals surface area contributed by atoms with Crippen molar-refractivity contribution in [3.05, 3.63) is 30.1 Å². The number of carbonyl (C=O) groups excluding carboxylic acids is 1. The van der Waals surface area contributed by atoms with Crippen LogP contribution in [0.5, 0.6) is 0 Å². The van der Waals surface area contributed by atoms with Gasteiger partial charge in [0.05, 0.1) is 12.2 Å². The number of rotatable bonds is 6. The van der Waals surface area contributed by atoms with Crippen molar-refractivity contribution in [2.24, 2.45) is 0 Å². The molecule has 0 unspecified atom stereocenters. The molecule has 1 heterocycles. The van der Waals surface area contributed by atoms with Crippen molar-refractivity contribution >= 4 is 11.6 Å². The van der Waals surface area contributed by atoms with Gasteiger partial charge in [-0.3, -0.25) is 9.69 Å². The van der Waals surface area contributed by atoms with E-state index < -0.39 is 0 Å². The summed E-state index contributed by atoms with van der Waals surface area (Å²) in [6.45, 7) is 4.95. The van der Waals surface area contributed by atoms with Crippen LogP contribution < -0.4 is 10.2 Å². The van der Waals surface area contributed by atoms with Gasteiger partial charge in [-0.05, 0) is 26.2 Å². The van der Waals surface area contributed by atoms with Crippen LogP contribution in [0.3, 0.4) is 0 Å². The summed E-state index contributed by atoms with van der Waals surface area (Å²) < 4.78 is 13.8. The number of halogens is 1. The van der Waals surface area contributed by atoms with Crippen LogP contribution in [0.1, 0.15) is 0 Å². The molecular weight excluding hydrogens is 283 g/mol. The maximum atomic E-state index is 13.8. The molecule has 0 bridgehead atoms. The van der Waals surface area contributed by atoms with Gasteiger partial charge in [0.1, 0.15) is 5.82 Å². The van der Waals surface area contributed by atoms with E-state index >= 15 is 0 Å². The van der Waals surface area contributed by atoms with Crippen molar-refractivity contribution in [3.63, 3.8) is 0 Å². The van der Waals surface area contributed by atoms with Gasteiger partial charge >= 0.3 is 0 Å². The number of carbonyl (C=O) groups is 1. The predicted octanol–water partition coefficient (Wildman–Crippen LogP) is 0.626. The summed E-state index contributed by atoms with van der Waals surface area (Å²) in [5.41, 5.74) is 0.651. The minimum atomic E-state index is -0.183. The summed E-state index contributed by atoms with van der Waals surface area (Å²) in [6, 6.07) is 6.84. The minimum absolute atomic E-state index is 0.0567. The van der Waals surface area contributed by atoms with Crippen LogP contribution in [0.25, 0.3) is 0 Å². The molecule has 1 fully saturated rings. The standard InChI is InChI=1S/C16H25FN4O/c1-19(2)8-7-18-16(22)13-20-9-11-21(12-10-20)15-6-4-3-5-14(15)17/h3-6H,7-13H2,1-2H3,(H,18,22). The Morgan fingerprint density at radius 1 is 1.23 bits per heavy atom. The molecule has 0 atom stereocenters. The highest BCUT2D eigenvalue weighted by Gasteiger charge is 2.20. The second kappa shape index (κ2) is 8.10. The zero-order valence-corrected chi connectivity index (χ0v) is 13.4. The molecule has 2 rings (SSSR count). The maximum Gasteiger partial charge on any atom is 0.234 e. The number of benzene rings is 1. The first-order chi connectivity index (χ1) is 10.6. The summed E-state index contributed by atoms with van der Waals surface area (Å²) in [5.74, 6) is -0.126. The summed E-state index contributed by atoms with van der Waals surface area (Å²) in [4.78, 5) is 18.0. The summed E-state index contributed by atoms with van der Waals surface area (Å²) in [7, 11) is 3.96. The van der Waals surface area contributed by atoms with Gasteiger partial charge in [-0.2, -0.15) is 0 Å². The van der Waals surface area contributed by atoms with E-state index in [-0.39, 0.29) is 11.7 Å². The molecule has 0 saturated carbocycles. The second-order valence-electron chi connectivity index (χ2n) is 5.87. The first-order valence-corrected chi connectivity index (χ1v) is 7.69. The molecule has 1 aromatic rings. The first kappa shape index (κ1) is 16.7. The van der Waals surface area contributed by atoms with Gasteiger partial charge in [0.15, 0.2) is 0 Å². The third kappa shape index (κ3) is 4.96. The van der Waals surface area contributed by atoms with Crippen LogP contribution in [-0.4, -0.2) is 75.6 Å². The Balaban J connectivity index is 1.73. The van der Waals surface area contributed by atoms with Crippen LogP contribution >= 0.6 is 0 Å². The Labute approximate surface area is 131 Å². The number of para-hydroxylation sites is 1. The molecule has 0 radical (unpaired) electrons. The number of hydrogen-bond donors (Lipinski definition) is 1. The first-order valence-electron chi connectivity index (χ1n) is 7.69. The summed E-state index contributed by atoms with van der Waals surface area (Å²) >= 11 is 0. The average Bonchev–Trinajstić information content (AvgIpc) is 2.48. The molecule has 1 aliphatic heterocycles. The van der Waals surface area contributed by atoms with Crippen molar-refractivity contribution < 1.29 is 9.18 Å². The molecule has 1 aliphatic rings. The van der Waals surface area contributed by atoms with Gasteiger partial charge < -0.3 is 15.1 Å². The molecular formula is C16H25FN4O. The van der Waals surface area contributed by atoms with Crippen molar-refractivity contribution in [2.45, 2.75) is 0 Å². The lowest BCUT2D eigenvalue weighted by atomic mass is 10.2. The molecule has 0 aromatic heterocycles. The number of anilines is 1. The van der Waals surface area contributed by atoms with Crippen LogP contribution in [0, 0.1) is 5.82 Å². The highest BCUT2D eigenvalue weighted by Crippen LogP contribution is 2.19. The number of nitrogens with one attached hydrogen (secondary N) is 1. The van der Waals surface area contributed by atoms with Crippen molar-refractivity contribution in [1.29, 1.82) is 0 Å². The lowest BCUT2D eigenvalue weighted by Gasteiger charge is -2.35. The lowest BCUT2D eigenvalue weighted by Crippen LogP contribution is -2.50. The summed E-state index contributed by atoms with van der Waals surface area (Å²) in [6.07, 6.45) is 0. The zero-order valence-electron chi connectivity index (χ0n) is 13.4. The Kier molecular flexibility index (Phi) is 6.15. The Hall–Kier alpha value is -1.66. The largest absolute Gasteiger partial charge is 0.367 e. The molecule has 1 saturated heterocycles. The molecule has 1 amide bonds. The SMILES string of the molecule is CN(C)CCNC(=O)CN1CCN(c2ccccc2F)CC1. The van der Waals surface area contributed by atoms with E-state index in [0.29, 0.717) is 18.8 Å². The fourth-order valence-corrected chi connectivity index (χ4v) is 2.53. The van der Waals surface area contributed by atoms with Crippen LogP contribution in [0.4, 0.5) is 10.1 Å². The summed E-state index contributed by atoms with van der Waals surface area (Å²) in [5, 5.41) is 2.92. The van der Waals surface area contributed by atoms with Gasteiger partial charge in [0.2, 0.25) is 5.91 Å². The van der Waals surface area contributed by atoms with E-state index in [1.54, 1.807) is 12.1 Å². The number of hydrogen-bond acceptors (Lipinski definition) is 4. The second-order valence-corrected chi connectivity index (χ2v) is 5.87. The van der Waals surface area contributed by atoms with E-state index in [1.807, 2.05) is 30.0 Å². The smallest absolute Gasteiger partial charge is 0.234 e. The Morgan fingerprint density at radius 2 is 1.91 bits per heavy atom. The van der Waals surface area contributed by atoms with Crippen molar-refractivity contribution in [3.8, 4) is 0 Å². The van der Waals surface area contributed by atoms with Crippen LogP contribution in [-0.2, 0) is 4.79 Å². The Morgan fingerprint density at radius 3 is 2.55 bits per heavy atom. The number of piperazine rings is 1. The monoisotopic (exact) mass is 308 g/mol. The lowest BCUT2D eigenvalue weighted by molar-refractivity contribution is -0.122. The van der Waals surface area contributed by atoms with Gasteiger partial charge in [0, 0.05) is 39.3 Å². The van der Waals surface area contributed by atoms with Crippen LogP contribution in [0.15, 0.2) is 24.3 Å². The third-order valence-electron chi connectivity index (χ3n) is 3.81. The van der Waals surface area contributed by atoms with Gasteiger partial charge in [-0.25, -0.2) is 4.39 Å². The molecule has 0 spiro atoms. The van der Waals surface area contributed by atoms with Crippen molar-refractivity contribution in [1.82, 2.24) is 15.1 Å². The maximum absolute atomic E-state index is 13.8. The fourth-order valence-electron chi connectivity index (χ4n) is 2.53. The molecule has 22 heavy (non-hydrogen) atoms. The molecule has 6 heteroatoms. The van der Waals surface area contributed by atoms with Gasteiger partial charge in [0.25, 0.3) is 0 Å². The van der Waals surface area contributed by atoms with E-state index in [9.17, 15) is 9.18 Å². The Bertz CT molecular complexity index is 487. The topological polar surface area (TPSA) is 38.8 Å². The van der Waals surface area contributed by atoms with E-state index in [4.69, 9.17) is 0 Å². The molecule has 5 nitrogen and oxygen atoms in total. The molecule has 1 aromatic carbocycles. The van der Waals surface area contributed by atoms with E-state index in [0.717, 1.165) is 32.7 Å². The highest BCUT2D eigenvalue weighted by atomic mass is 19.1. The molecule has 0 aliphatic carbocycles. The van der Waals surface area contributed by atoms with Crippen LogP contribution in [0.2, 0.25) is 0 Å². The number of nitrogens with zero attached hydrogens (tertiary/aromatic N) is 3. The fraction of sp³-hybridized carbons (Fsp3) is 0.562. The highest BCUT2D eigenvalue weighted by molar-refractivity contribution is 5.78. The predicted molar refractivity (Wildman–Crippen MR) is 86.6 cm³/mol. The van der Waals surface area contributed by atoms with Gasteiger partial charge in [-0.1, -0.05) is 12.1 Å². The minimum Gasteiger partial charge on any atom is -0.367 e. The number of likely N-dealkylation sites (N-methyl/N-ethyl adjacent to an activating group) is 1. The van der Waals surface area contributed by atoms with Crippen molar-refractivity contribution in [2.75, 3.05) is 64.8 Å². The third-order valence-corrected chi connectivity index (χ3v) is 3.81. The molecule has 1 N–H and O–H groups in total. The average molecular weight is 308 g/mol. The zero-order chi connectivity index (χ0) is 15.9.